The van der Waals surface area contributed by atoms with E-state index in [0.717, 1.165) is 6.54 Å². The van der Waals surface area contributed by atoms with E-state index in [1.807, 2.05) is 0 Å². The molecule has 1 aromatic rings. The van der Waals surface area contributed by atoms with Gasteiger partial charge in [0.2, 0.25) is 0 Å². The maximum atomic E-state index is 2.57. The summed E-state index contributed by atoms with van der Waals surface area (Å²) in [7, 11) is 8.66. The first-order valence-electron chi connectivity index (χ1n) is 12.8. The highest BCUT2D eigenvalue weighted by Crippen LogP contribution is 2.40. The lowest BCUT2D eigenvalue weighted by molar-refractivity contribution is 0.0957. The summed E-state index contributed by atoms with van der Waals surface area (Å²) in [5, 5.41) is 0. The van der Waals surface area contributed by atoms with Gasteiger partial charge < -0.3 is 4.90 Å². The molecule has 0 fully saturated rings. The molecule has 0 saturated heterocycles. The van der Waals surface area contributed by atoms with Crippen molar-refractivity contribution in [2.24, 2.45) is 0 Å². The number of nitrogens with zero attached hydrogens (tertiary/aromatic N) is 3. The lowest BCUT2D eigenvalue weighted by atomic mass is 9.89. The molecule has 0 unspecified atom stereocenters. The molecular weight excluding hydrogens is 390 g/mol. The molecule has 0 atom stereocenters. The van der Waals surface area contributed by atoms with Gasteiger partial charge in [-0.05, 0) is 70.0 Å². The smallest absolute Gasteiger partial charge is 0.114 e. The molecule has 1 aliphatic heterocycles. The van der Waals surface area contributed by atoms with Crippen LogP contribution in [0.25, 0.3) is 6.08 Å². The average Bonchev–Trinajstić information content (AvgIpc) is 2.79. The second kappa shape index (κ2) is 11.9. The SMILES string of the molecule is CCCCCCCCCCCCN1C2=CC(N(C)C)(N(C)C)C=CC2=Cc2ccccc21. The van der Waals surface area contributed by atoms with E-state index in [0.29, 0.717) is 0 Å². The molecule has 0 saturated carbocycles. The number of para-hydroxylation sites is 1. The molecule has 32 heavy (non-hydrogen) atoms. The zero-order valence-electron chi connectivity index (χ0n) is 21.2. The van der Waals surface area contributed by atoms with Crippen molar-refractivity contribution in [1.29, 1.82) is 0 Å². The van der Waals surface area contributed by atoms with Crippen LogP contribution in [0.5, 0.6) is 0 Å². The normalized spacial score (nSPS) is 16.8. The molecule has 176 valence electrons. The standard InChI is InChI=1S/C29H45N3/c1-6-7-8-9-10-11-12-13-14-17-22-32-27-19-16-15-18-25(27)23-26-20-21-29(30(2)3,31(4)5)24-28(26)32/h15-16,18-21,23-24H,6-14,17,22H2,1-5H3. The van der Waals surface area contributed by atoms with Gasteiger partial charge in [0.15, 0.2) is 0 Å². The molecule has 1 heterocycles. The van der Waals surface area contributed by atoms with Crippen molar-refractivity contribution in [2.45, 2.75) is 76.8 Å². The van der Waals surface area contributed by atoms with Gasteiger partial charge in [0.25, 0.3) is 0 Å². The van der Waals surface area contributed by atoms with Crippen molar-refractivity contribution in [3.63, 3.8) is 0 Å². The Labute approximate surface area is 197 Å². The summed E-state index contributed by atoms with van der Waals surface area (Å²) in [6.45, 7) is 3.38. The zero-order valence-corrected chi connectivity index (χ0v) is 21.2. The summed E-state index contributed by atoms with van der Waals surface area (Å²) in [5.74, 6) is 0. The summed E-state index contributed by atoms with van der Waals surface area (Å²) in [6, 6.07) is 8.86. The van der Waals surface area contributed by atoms with Gasteiger partial charge in [-0.1, -0.05) is 89.0 Å². The number of fused-ring (bicyclic) bond motifs is 2. The van der Waals surface area contributed by atoms with Gasteiger partial charge in [-0.15, -0.1) is 0 Å². The number of allylic oxidation sites excluding steroid dienone is 1. The van der Waals surface area contributed by atoms with E-state index in [1.165, 1.54) is 86.7 Å². The summed E-state index contributed by atoms with van der Waals surface area (Å²) in [4.78, 5) is 7.17. The highest BCUT2D eigenvalue weighted by molar-refractivity contribution is 5.82. The predicted molar refractivity (Wildman–Crippen MR) is 141 cm³/mol. The highest BCUT2D eigenvalue weighted by Gasteiger charge is 2.36. The second-order valence-corrected chi connectivity index (χ2v) is 9.93. The number of unbranched alkanes of at least 4 members (excludes halogenated alkanes) is 9. The fraction of sp³-hybridized carbons (Fsp3) is 0.586. The zero-order chi connectivity index (χ0) is 23.0. The third-order valence-corrected chi connectivity index (χ3v) is 7.15. The number of benzene rings is 1. The van der Waals surface area contributed by atoms with E-state index in [4.69, 9.17) is 0 Å². The van der Waals surface area contributed by atoms with Crippen LogP contribution in [-0.4, -0.2) is 50.2 Å². The van der Waals surface area contributed by atoms with Gasteiger partial charge in [-0.3, -0.25) is 9.80 Å². The summed E-state index contributed by atoms with van der Waals surface area (Å²) in [5.41, 5.74) is 5.16. The molecular formula is C29H45N3. The molecule has 1 aliphatic carbocycles. The molecule has 0 aromatic heterocycles. The Hall–Kier alpha value is -1.84. The van der Waals surface area contributed by atoms with Crippen LogP contribution in [0.2, 0.25) is 0 Å². The number of likely N-dealkylation sites (N-methyl/N-ethyl adjacent to an activating group) is 2. The van der Waals surface area contributed by atoms with Gasteiger partial charge in [-0.25, -0.2) is 0 Å². The molecule has 2 aliphatic rings. The fourth-order valence-electron chi connectivity index (χ4n) is 5.09. The molecule has 0 amide bonds. The van der Waals surface area contributed by atoms with Crippen LogP contribution in [0.1, 0.15) is 76.7 Å². The average molecular weight is 436 g/mol. The first-order chi connectivity index (χ1) is 15.5. The minimum Gasteiger partial charge on any atom is -0.341 e. The summed E-state index contributed by atoms with van der Waals surface area (Å²) >= 11 is 0. The van der Waals surface area contributed by atoms with Gasteiger partial charge in [0.05, 0.1) is 0 Å². The molecule has 0 spiro atoms. The Kier molecular flexibility index (Phi) is 9.19. The van der Waals surface area contributed by atoms with Crippen molar-refractivity contribution in [2.75, 3.05) is 39.6 Å². The van der Waals surface area contributed by atoms with Crippen LogP contribution in [0.4, 0.5) is 5.69 Å². The molecule has 3 heteroatoms. The van der Waals surface area contributed by atoms with Crippen LogP contribution < -0.4 is 4.90 Å². The van der Waals surface area contributed by atoms with Crippen LogP contribution in [-0.2, 0) is 0 Å². The van der Waals surface area contributed by atoms with Crippen LogP contribution in [0.15, 0.2) is 53.8 Å². The van der Waals surface area contributed by atoms with E-state index in [1.54, 1.807) is 0 Å². The van der Waals surface area contributed by atoms with Crippen molar-refractivity contribution in [3.8, 4) is 0 Å². The van der Waals surface area contributed by atoms with Crippen molar-refractivity contribution in [1.82, 2.24) is 9.80 Å². The van der Waals surface area contributed by atoms with Gasteiger partial charge in [0, 0.05) is 17.9 Å². The lowest BCUT2D eigenvalue weighted by Gasteiger charge is -2.45. The number of hydrogen-bond donors (Lipinski definition) is 0. The predicted octanol–water partition coefficient (Wildman–Crippen LogP) is 7.08. The maximum absolute atomic E-state index is 2.57. The van der Waals surface area contributed by atoms with Crippen LogP contribution >= 0.6 is 0 Å². The third-order valence-electron chi connectivity index (χ3n) is 7.15. The van der Waals surface area contributed by atoms with E-state index in [-0.39, 0.29) is 5.66 Å². The van der Waals surface area contributed by atoms with Crippen LogP contribution in [0.3, 0.4) is 0 Å². The maximum Gasteiger partial charge on any atom is 0.114 e. The first kappa shape index (κ1) is 24.8. The molecule has 0 radical (unpaired) electrons. The molecule has 1 aromatic carbocycles. The quantitative estimate of drug-likeness (QED) is 0.242. The molecule has 0 bridgehead atoms. The highest BCUT2D eigenvalue weighted by atomic mass is 15.4. The molecule has 3 nitrogen and oxygen atoms in total. The van der Waals surface area contributed by atoms with Gasteiger partial charge in [-0.2, -0.15) is 0 Å². The number of rotatable bonds is 13. The first-order valence-corrected chi connectivity index (χ1v) is 12.8. The Bertz CT molecular complexity index is 807. The van der Waals surface area contributed by atoms with E-state index < -0.39 is 0 Å². The topological polar surface area (TPSA) is 9.72 Å². The Morgan fingerprint density at radius 3 is 2.00 bits per heavy atom. The minimum absolute atomic E-state index is 0.199. The van der Waals surface area contributed by atoms with Gasteiger partial charge >= 0.3 is 0 Å². The lowest BCUT2D eigenvalue weighted by Crippen LogP contribution is -2.54. The van der Waals surface area contributed by atoms with Crippen molar-refractivity contribution in [3.05, 3.63) is 59.3 Å². The van der Waals surface area contributed by atoms with E-state index in [9.17, 15) is 0 Å². The van der Waals surface area contributed by atoms with E-state index >= 15 is 0 Å². The Morgan fingerprint density at radius 1 is 0.781 bits per heavy atom. The monoisotopic (exact) mass is 435 g/mol. The largest absolute Gasteiger partial charge is 0.341 e. The molecule has 3 rings (SSSR count). The molecule has 0 N–H and O–H groups in total. The van der Waals surface area contributed by atoms with Crippen LogP contribution in [0, 0.1) is 0 Å². The number of anilines is 1. The third kappa shape index (κ3) is 5.74. The van der Waals surface area contributed by atoms with E-state index in [2.05, 4.69) is 98.4 Å². The van der Waals surface area contributed by atoms with Crippen molar-refractivity contribution >= 4 is 11.8 Å². The van der Waals surface area contributed by atoms with Crippen molar-refractivity contribution < 1.29 is 0 Å². The summed E-state index contributed by atoms with van der Waals surface area (Å²) < 4.78 is 0. The minimum atomic E-state index is -0.199. The fourth-order valence-corrected chi connectivity index (χ4v) is 5.09. The van der Waals surface area contributed by atoms with Gasteiger partial charge in [0.1, 0.15) is 5.66 Å². The Morgan fingerprint density at radius 2 is 1.38 bits per heavy atom. The summed E-state index contributed by atoms with van der Waals surface area (Å²) in [6.07, 6.45) is 23.2. The second-order valence-electron chi connectivity index (χ2n) is 9.93. The number of hydrogen-bond acceptors (Lipinski definition) is 3. The Balaban J connectivity index is 1.64.